The zero-order valence-electron chi connectivity index (χ0n) is 11.2. The summed E-state index contributed by atoms with van der Waals surface area (Å²) in [6.45, 7) is 6.86. The van der Waals surface area contributed by atoms with Gasteiger partial charge in [0.15, 0.2) is 0 Å². The summed E-state index contributed by atoms with van der Waals surface area (Å²) >= 11 is 0. The van der Waals surface area contributed by atoms with E-state index in [9.17, 15) is 0 Å². The van der Waals surface area contributed by atoms with E-state index in [1.807, 2.05) is 24.3 Å². The smallest absolute Gasteiger partial charge is 0.123 e. The molecule has 2 aromatic rings. The average Bonchev–Trinajstić information content (AvgIpc) is 2.34. The summed E-state index contributed by atoms with van der Waals surface area (Å²) in [5.74, 6) is 0.962. The van der Waals surface area contributed by atoms with Crippen LogP contribution in [0.1, 0.15) is 22.3 Å². The number of nitrogen functional groups attached to an aromatic ring is 1. The molecule has 0 aliphatic carbocycles. The Morgan fingerprint density at radius 1 is 1.00 bits per heavy atom. The third-order valence-electron chi connectivity index (χ3n) is 3.14. The van der Waals surface area contributed by atoms with Crippen molar-refractivity contribution in [3.8, 4) is 5.75 Å². The Kier molecular flexibility index (Phi) is 3.56. The van der Waals surface area contributed by atoms with Crippen molar-refractivity contribution >= 4 is 5.69 Å². The molecule has 0 radical (unpaired) electrons. The molecule has 2 aromatic carbocycles. The van der Waals surface area contributed by atoms with Crippen LogP contribution in [0.15, 0.2) is 36.4 Å². The molecule has 0 aliphatic rings. The number of hydrogen-bond donors (Lipinski definition) is 1. The number of ether oxygens (including phenoxy) is 1. The second-order valence-corrected chi connectivity index (χ2v) is 4.74. The van der Waals surface area contributed by atoms with Crippen molar-refractivity contribution < 1.29 is 4.74 Å². The van der Waals surface area contributed by atoms with E-state index in [0.29, 0.717) is 6.61 Å². The number of nitrogens with two attached hydrogens (primary N) is 1. The van der Waals surface area contributed by atoms with Crippen LogP contribution in [0, 0.1) is 20.8 Å². The van der Waals surface area contributed by atoms with Crippen LogP contribution in [0.5, 0.6) is 5.75 Å². The van der Waals surface area contributed by atoms with E-state index >= 15 is 0 Å². The summed E-state index contributed by atoms with van der Waals surface area (Å²) in [5, 5.41) is 0. The summed E-state index contributed by atoms with van der Waals surface area (Å²) < 4.78 is 5.88. The summed E-state index contributed by atoms with van der Waals surface area (Å²) in [7, 11) is 0. The van der Waals surface area contributed by atoms with Gasteiger partial charge in [-0.15, -0.1) is 0 Å². The molecule has 0 saturated carbocycles. The fourth-order valence-electron chi connectivity index (χ4n) is 1.93. The second kappa shape index (κ2) is 5.13. The van der Waals surface area contributed by atoms with E-state index in [4.69, 9.17) is 10.5 Å². The van der Waals surface area contributed by atoms with Gasteiger partial charge < -0.3 is 10.5 Å². The van der Waals surface area contributed by atoms with Crippen LogP contribution in [0.25, 0.3) is 0 Å². The Bertz CT molecular complexity index is 544. The maximum absolute atomic E-state index is 5.88. The van der Waals surface area contributed by atoms with E-state index < -0.39 is 0 Å². The van der Waals surface area contributed by atoms with E-state index in [1.165, 1.54) is 16.7 Å². The summed E-state index contributed by atoms with van der Waals surface area (Å²) in [5.41, 5.74) is 11.3. The van der Waals surface area contributed by atoms with Crippen molar-refractivity contribution in [1.29, 1.82) is 0 Å². The van der Waals surface area contributed by atoms with E-state index in [-0.39, 0.29) is 0 Å². The van der Waals surface area contributed by atoms with Crippen LogP contribution in [-0.2, 0) is 6.61 Å². The van der Waals surface area contributed by atoms with Gasteiger partial charge in [0, 0.05) is 5.69 Å². The molecule has 0 amide bonds. The van der Waals surface area contributed by atoms with Gasteiger partial charge in [0.2, 0.25) is 0 Å². The van der Waals surface area contributed by atoms with Crippen LogP contribution >= 0.6 is 0 Å². The Hall–Kier alpha value is -1.96. The SMILES string of the molecule is Cc1cc(C)c(C)c(OCc2ccc(N)cc2)c1. The molecule has 0 heterocycles. The van der Waals surface area contributed by atoms with Crippen LogP contribution in [-0.4, -0.2) is 0 Å². The quantitative estimate of drug-likeness (QED) is 0.830. The Morgan fingerprint density at radius 2 is 1.67 bits per heavy atom. The van der Waals surface area contributed by atoms with Gasteiger partial charge in [0.25, 0.3) is 0 Å². The summed E-state index contributed by atoms with van der Waals surface area (Å²) in [4.78, 5) is 0. The molecule has 18 heavy (non-hydrogen) atoms. The molecular formula is C16H19NO. The van der Waals surface area contributed by atoms with Gasteiger partial charge >= 0.3 is 0 Å². The van der Waals surface area contributed by atoms with Crippen LogP contribution in [0.2, 0.25) is 0 Å². The average molecular weight is 241 g/mol. The molecule has 0 aliphatic heterocycles. The van der Waals surface area contributed by atoms with Crippen molar-refractivity contribution in [1.82, 2.24) is 0 Å². The fraction of sp³-hybridized carbons (Fsp3) is 0.250. The van der Waals surface area contributed by atoms with Crippen molar-refractivity contribution in [3.63, 3.8) is 0 Å². The first-order chi connectivity index (χ1) is 8.56. The molecule has 2 heteroatoms. The highest BCUT2D eigenvalue weighted by molar-refractivity contribution is 5.42. The Balaban J connectivity index is 2.13. The molecule has 0 aromatic heterocycles. The highest BCUT2D eigenvalue weighted by atomic mass is 16.5. The van der Waals surface area contributed by atoms with E-state index in [2.05, 4.69) is 32.9 Å². The van der Waals surface area contributed by atoms with Crippen molar-refractivity contribution in [3.05, 3.63) is 58.7 Å². The molecule has 0 bridgehead atoms. The number of anilines is 1. The minimum atomic E-state index is 0.573. The van der Waals surface area contributed by atoms with Gasteiger partial charge in [-0.3, -0.25) is 0 Å². The van der Waals surface area contributed by atoms with E-state index in [1.54, 1.807) is 0 Å². The molecule has 2 rings (SSSR count). The molecule has 2 N–H and O–H groups in total. The van der Waals surface area contributed by atoms with Crippen LogP contribution < -0.4 is 10.5 Å². The lowest BCUT2D eigenvalue weighted by atomic mass is 10.1. The van der Waals surface area contributed by atoms with E-state index in [0.717, 1.165) is 17.0 Å². The standard InChI is InChI=1S/C16H19NO/c1-11-8-12(2)13(3)16(9-11)18-10-14-4-6-15(17)7-5-14/h4-9H,10,17H2,1-3H3. The topological polar surface area (TPSA) is 35.2 Å². The molecule has 2 nitrogen and oxygen atoms in total. The maximum atomic E-state index is 5.88. The monoisotopic (exact) mass is 241 g/mol. The third-order valence-corrected chi connectivity index (χ3v) is 3.14. The van der Waals surface area contributed by atoms with Gasteiger partial charge in [-0.1, -0.05) is 18.2 Å². The lowest BCUT2D eigenvalue weighted by Gasteiger charge is -2.12. The molecule has 0 saturated heterocycles. The van der Waals surface area contributed by atoms with Gasteiger partial charge in [0.05, 0.1) is 0 Å². The van der Waals surface area contributed by atoms with Gasteiger partial charge in [-0.25, -0.2) is 0 Å². The Morgan fingerprint density at radius 3 is 2.33 bits per heavy atom. The third kappa shape index (κ3) is 2.83. The highest BCUT2D eigenvalue weighted by Crippen LogP contribution is 2.24. The molecule has 0 spiro atoms. The lowest BCUT2D eigenvalue weighted by molar-refractivity contribution is 0.303. The molecule has 94 valence electrons. The summed E-state index contributed by atoms with van der Waals surface area (Å²) in [6.07, 6.45) is 0. The minimum Gasteiger partial charge on any atom is -0.489 e. The van der Waals surface area contributed by atoms with Gasteiger partial charge in [-0.2, -0.15) is 0 Å². The maximum Gasteiger partial charge on any atom is 0.123 e. The largest absolute Gasteiger partial charge is 0.489 e. The number of hydrogen-bond acceptors (Lipinski definition) is 2. The number of rotatable bonds is 3. The first-order valence-electron chi connectivity index (χ1n) is 6.11. The van der Waals surface area contributed by atoms with Gasteiger partial charge in [-0.05, 0) is 61.2 Å². The number of benzene rings is 2. The predicted octanol–water partition coefficient (Wildman–Crippen LogP) is 3.77. The molecular weight excluding hydrogens is 222 g/mol. The minimum absolute atomic E-state index is 0.573. The molecule has 0 unspecified atom stereocenters. The normalized spacial score (nSPS) is 10.4. The first kappa shape index (κ1) is 12.5. The van der Waals surface area contributed by atoms with Crippen LogP contribution in [0.4, 0.5) is 5.69 Å². The molecule has 0 fully saturated rings. The first-order valence-corrected chi connectivity index (χ1v) is 6.11. The fourth-order valence-corrected chi connectivity index (χ4v) is 1.93. The lowest BCUT2D eigenvalue weighted by Crippen LogP contribution is -1.99. The zero-order valence-corrected chi connectivity index (χ0v) is 11.2. The number of aryl methyl sites for hydroxylation is 2. The van der Waals surface area contributed by atoms with Crippen molar-refractivity contribution in [2.24, 2.45) is 0 Å². The second-order valence-electron chi connectivity index (χ2n) is 4.74. The zero-order chi connectivity index (χ0) is 13.1. The van der Waals surface area contributed by atoms with Crippen molar-refractivity contribution in [2.75, 3.05) is 5.73 Å². The van der Waals surface area contributed by atoms with Crippen molar-refractivity contribution in [2.45, 2.75) is 27.4 Å². The van der Waals surface area contributed by atoms with Gasteiger partial charge in [0.1, 0.15) is 12.4 Å². The predicted molar refractivity (Wildman–Crippen MR) is 75.8 cm³/mol. The summed E-state index contributed by atoms with van der Waals surface area (Å²) in [6, 6.07) is 12.0. The molecule has 0 atom stereocenters. The van der Waals surface area contributed by atoms with Crippen LogP contribution in [0.3, 0.4) is 0 Å². The highest BCUT2D eigenvalue weighted by Gasteiger charge is 2.04. The Labute approximate surface area is 108 Å².